The molecular formula is C25H25N3O6. The molecule has 2 aromatic carbocycles. The Labute approximate surface area is 196 Å². The molecule has 9 nitrogen and oxygen atoms in total. The van der Waals surface area contributed by atoms with E-state index in [0.29, 0.717) is 65.5 Å². The third kappa shape index (κ3) is 4.88. The Kier molecular flexibility index (Phi) is 7.12. The number of hydrogen-bond acceptors (Lipinski definition) is 8. The van der Waals surface area contributed by atoms with Crippen LogP contribution in [0.1, 0.15) is 31.1 Å². The standard InChI is InChI=1S/C25H25N3O6/c1-4-30-20-14-16(15-21(31-5-2)22(20)32-6-3)24(29)26-18-11-8-7-10-17(18)25-27-23(28-34-25)19-12-9-13-33-19/h7-15H,4-6H2,1-3H3,(H,26,29). The van der Waals surface area contributed by atoms with Gasteiger partial charge in [-0.05, 0) is 57.2 Å². The van der Waals surface area contributed by atoms with Gasteiger partial charge in [-0.1, -0.05) is 17.3 Å². The van der Waals surface area contributed by atoms with Gasteiger partial charge >= 0.3 is 0 Å². The molecule has 1 amide bonds. The van der Waals surface area contributed by atoms with E-state index >= 15 is 0 Å². The van der Waals surface area contributed by atoms with Gasteiger partial charge in [-0.3, -0.25) is 4.79 Å². The number of carbonyl (C=O) groups is 1. The van der Waals surface area contributed by atoms with Crippen LogP contribution < -0.4 is 19.5 Å². The van der Waals surface area contributed by atoms with Gasteiger partial charge in [0.05, 0.1) is 37.3 Å². The third-order valence-corrected chi connectivity index (χ3v) is 4.74. The molecule has 0 bridgehead atoms. The van der Waals surface area contributed by atoms with Crippen molar-refractivity contribution in [2.45, 2.75) is 20.8 Å². The van der Waals surface area contributed by atoms with E-state index in [1.54, 1.807) is 42.5 Å². The van der Waals surface area contributed by atoms with Crippen LogP contribution in [0.15, 0.2) is 63.7 Å². The Hall–Kier alpha value is -4.27. The lowest BCUT2D eigenvalue weighted by Gasteiger charge is -2.17. The maximum absolute atomic E-state index is 13.2. The molecule has 2 heterocycles. The van der Waals surface area contributed by atoms with Gasteiger partial charge in [-0.25, -0.2) is 0 Å². The topological polar surface area (TPSA) is 109 Å². The number of carbonyl (C=O) groups excluding carboxylic acids is 1. The van der Waals surface area contributed by atoms with E-state index in [-0.39, 0.29) is 11.8 Å². The van der Waals surface area contributed by atoms with Gasteiger partial charge in [-0.15, -0.1) is 0 Å². The Bertz CT molecular complexity index is 1220. The van der Waals surface area contributed by atoms with Gasteiger partial charge in [0.15, 0.2) is 17.3 Å². The van der Waals surface area contributed by atoms with Gasteiger partial charge in [0.1, 0.15) is 0 Å². The molecule has 1 N–H and O–H groups in total. The highest BCUT2D eigenvalue weighted by Gasteiger charge is 2.21. The molecule has 0 saturated carbocycles. The van der Waals surface area contributed by atoms with Crippen molar-refractivity contribution < 1.29 is 27.9 Å². The van der Waals surface area contributed by atoms with Crippen LogP contribution >= 0.6 is 0 Å². The third-order valence-electron chi connectivity index (χ3n) is 4.74. The fourth-order valence-electron chi connectivity index (χ4n) is 3.33. The van der Waals surface area contributed by atoms with Gasteiger partial charge < -0.3 is 28.5 Å². The Morgan fingerprint density at radius 2 is 1.65 bits per heavy atom. The Morgan fingerprint density at radius 1 is 0.941 bits per heavy atom. The predicted molar refractivity (Wildman–Crippen MR) is 125 cm³/mol. The normalized spacial score (nSPS) is 10.7. The van der Waals surface area contributed by atoms with Crippen LogP contribution in [0, 0.1) is 0 Å². The lowest BCUT2D eigenvalue weighted by Crippen LogP contribution is -2.14. The average molecular weight is 463 g/mol. The van der Waals surface area contributed by atoms with Crippen LogP contribution in [0.5, 0.6) is 17.2 Å². The largest absolute Gasteiger partial charge is 0.490 e. The molecule has 0 saturated heterocycles. The first-order valence-corrected chi connectivity index (χ1v) is 11.0. The molecule has 0 atom stereocenters. The summed E-state index contributed by atoms with van der Waals surface area (Å²) in [5, 5.41) is 6.88. The Balaban J connectivity index is 1.65. The number of hydrogen-bond donors (Lipinski definition) is 1. The van der Waals surface area contributed by atoms with E-state index in [2.05, 4.69) is 15.5 Å². The van der Waals surface area contributed by atoms with E-state index < -0.39 is 0 Å². The fourth-order valence-corrected chi connectivity index (χ4v) is 3.33. The minimum absolute atomic E-state index is 0.249. The maximum Gasteiger partial charge on any atom is 0.260 e. The first-order chi connectivity index (χ1) is 16.6. The van der Waals surface area contributed by atoms with Crippen molar-refractivity contribution in [3.8, 4) is 40.3 Å². The van der Waals surface area contributed by atoms with E-state index in [9.17, 15) is 4.79 Å². The highest BCUT2D eigenvalue weighted by molar-refractivity contribution is 6.06. The van der Waals surface area contributed by atoms with Crippen LogP contribution in [0.3, 0.4) is 0 Å². The minimum atomic E-state index is -0.358. The van der Waals surface area contributed by atoms with E-state index in [0.717, 1.165) is 0 Å². The average Bonchev–Trinajstić information content (AvgIpc) is 3.54. The van der Waals surface area contributed by atoms with Crippen molar-refractivity contribution in [3.63, 3.8) is 0 Å². The molecule has 0 radical (unpaired) electrons. The second kappa shape index (κ2) is 10.6. The number of furan rings is 1. The Morgan fingerprint density at radius 3 is 2.29 bits per heavy atom. The number of para-hydroxylation sites is 1. The van der Waals surface area contributed by atoms with Crippen molar-refractivity contribution in [3.05, 3.63) is 60.4 Å². The molecule has 4 rings (SSSR count). The zero-order chi connectivity index (χ0) is 23.9. The van der Waals surface area contributed by atoms with E-state index in [4.69, 9.17) is 23.2 Å². The number of benzene rings is 2. The number of rotatable bonds is 10. The first-order valence-electron chi connectivity index (χ1n) is 11.0. The molecule has 176 valence electrons. The van der Waals surface area contributed by atoms with Crippen LogP contribution in [0.2, 0.25) is 0 Å². The maximum atomic E-state index is 13.2. The number of anilines is 1. The summed E-state index contributed by atoms with van der Waals surface area (Å²) in [6.07, 6.45) is 1.53. The smallest absolute Gasteiger partial charge is 0.260 e. The van der Waals surface area contributed by atoms with Crippen LogP contribution in [-0.4, -0.2) is 35.9 Å². The zero-order valence-electron chi connectivity index (χ0n) is 19.2. The summed E-state index contributed by atoms with van der Waals surface area (Å²) in [4.78, 5) is 17.6. The van der Waals surface area contributed by atoms with E-state index in [1.165, 1.54) is 6.26 Å². The number of nitrogens with zero attached hydrogens (tertiary/aromatic N) is 2. The fraction of sp³-hybridized carbons (Fsp3) is 0.240. The summed E-state index contributed by atoms with van der Waals surface area (Å²) in [6, 6.07) is 13.9. The molecule has 0 aliphatic heterocycles. The highest BCUT2D eigenvalue weighted by atomic mass is 16.5. The second-order valence-corrected chi connectivity index (χ2v) is 7.00. The molecule has 2 aromatic heterocycles. The molecule has 0 unspecified atom stereocenters. The number of aromatic nitrogens is 2. The monoisotopic (exact) mass is 463 g/mol. The van der Waals surface area contributed by atoms with Crippen molar-refractivity contribution in [2.24, 2.45) is 0 Å². The number of amides is 1. The molecule has 9 heteroatoms. The van der Waals surface area contributed by atoms with Crippen LogP contribution in [-0.2, 0) is 0 Å². The highest BCUT2D eigenvalue weighted by Crippen LogP contribution is 2.39. The van der Waals surface area contributed by atoms with Gasteiger partial charge in [0.25, 0.3) is 11.8 Å². The second-order valence-electron chi connectivity index (χ2n) is 7.00. The van der Waals surface area contributed by atoms with Crippen molar-refractivity contribution in [1.82, 2.24) is 10.1 Å². The van der Waals surface area contributed by atoms with Crippen LogP contribution in [0.4, 0.5) is 5.69 Å². The number of ether oxygens (including phenoxy) is 3. The summed E-state index contributed by atoms with van der Waals surface area (Å²) in [5.74, 6) is 2.04. The number of nitrogens with one attached hydrogen (secondary N) is 1. The van der Waals surface area contributed by atoms with Crippen molar-refractivity contribution >= 4 is 11.6 Å². The summed E-state index contributed by atoms with van der Waals surface area (Å²) in [5.41, 5.74) is 1.43. The van der Waals surface area contributed by atoms with Crippen LogP contribution in [0.25, 0.3) is 23.0 Å². The molecule has 0 spiro atoms. The molecule has 0 aliphatic carbocycles. The summed E-state index contributed by atoms with van der Waals surface area (Å²) < 4.78 is 27.9. The zero-order valence-corrected chi connectivity index (χ0v) is 19.2. The molecular weight excluding hydrogens is 438 g/mol. The van der Waals surface area contributed by atoms with Gasteiger partial charge in [-0.2, -0.15) is 4.98 Å². The van der Waals surface area contributed by atoms with E-state index in [1.807, 2.05) is 26.8 Å². The summed E-state index contributed by atoms with van der Waals surface area (Å²) >= 11 is 0. The lowest BCUT2D eigenvalue weighted by molar-refractivity contribution is 0.102. The lowest BCUT2D eigenvalue weighted by atomic mass is 10.1. The molecule has 34 heavy (non-hydrogen) atoms. The molecule has 4 aromatic rings. The molecule has 0 aliphatic rings. The minimum Gasteiger partial charge on any atom is -0.490 e. The SMILES string of the molecule is CCOc1cc(C(=O)Nc2ccccc2-c2nc(-c3ccco3)no2)cc(OCC)c1OCC. The van der Waals surface area contributed by atoms with Crippen molar-refractivity contribution in [1.29, 1.82) is 0 Å². The summed E-state index contributed by atoms with van der Waals surface area (Å²) in [6.45, 7) is 6.85. The quantitative estimate of drug-likeness (QED) is 0.331. The first kappa shape index (κ1) is 22.9. The molecule has 0 fully saturated rings. The van der Waals surface area contributed by atoms with Gasteiger partial charge in [0, 0.05) is 5.56 Å². The summed E-state index contributed by atoms with van der Waals surface area (Å²) in [7, 11) is 0. The predicted octanol–water partition coefficient (Wildman–Crippen LogP) is 5.45. The van der Waals surface area contributed by atoms with Crippen molar-refractivity contribution in [2.75, 3.05) is 25.1 Å². The van der Waals surface area contributed by atoms with Gasteiger partial charge in [0.2, 0.25) is 11.6 Å².